The number of isocyanates is 1. The van der Waals surface area contributed by atoms with Crippen molar-refractivity contribution in [1.82, 2.24) is 0 Å². The Morgan fingerprint density at radius 1 is 1.43 bits per heavy atom. The summed E-state index contributed by atoms with van der Waals surface area (Å²) in [5, 5.41) is 2.98. The van der Waals surface area contributed by atoms with Gasteiger partial charge in [0.25, 0.3) is 0 Å². The van der Waals surface area contributed by atoms with Crippen molar-refractivity contribution in [2.45, 2.75) is 44.8 Å². The fraction of sp³-hybridized carbons (Fsp3) is 0.467. The van der Waals surface area contributed by atoms with E-state index in [1.807, 2.05) is 0 Å². The number of aliphatic imine (C=N–C) groups is 1. The lowest BCUT2D eigenvalue weighted by molar-refractivity contribution is 0.0636. The van der Waals surface area contributed by atoms with Crippen LogP contribution in [0.25, 0.3) is 0 Å². The molecule has 0 heterocycles. The zero-order valence-corrected chi connectivity index (χ0v) is 13.0. The minimum atomic E-state index is -0.576. The van der Waals surface area contributed by atoms with Crippen LogP contribution in [0, 0.1) is 0 Å². The molecule has 0 aliphatic heterocycles. The Kier molecular flexibility index (Phi) is 4.08. The number of hydrogen-bond acceptors (Lipinski definition) is 4. The number of nitrogens with one attached hydrogen (secondary N) is 1. The predicted molar refractivity (Wildman–Crippen MR) is 80.3 cm³/mol. The number of rotatable bonds is 3. The van der Waals surface area contributed by atoms with Gasteiger partial charge in [-0.3, -0.25) is 5.32 Å². The van der Waals surface area contributed by atoms with Gasteiger partial charge in [-0.05, 0) is 51.3 Å². The molecule has 0 aromatic heterocycles. The molecule has 1 aliphatic carbocycles. The summed E-state index contributed by atoms with van der Waals surface area (Å²) in [5.41, 5.74) is 0.259. The highest BCUT2D eigenvalue weighted by atomic mass is 35.5. The van der Waals surface area contributed by atoms with Crippen molar-refractivity contribution in [2.75, 3.05) is 5.32 Å². The van der Waals surface area contributed by atoms with Crippen LogP contribution in [0.15, 0.2) is 23.2 Å². The fourth-order valence-corrected chi connectivity index (χ4v) is 2.22. The molecule has 1 aliphatic rings. The molecule has 0 radical (unpaired) electrons. The van der Waals surface area contributed by atoms with Crippen LogP contribution in [0.3, 0.4) is 0 Å². The van der Waals surface area contributed by atoms with E-state index < -0.39 is 17.2 Å². The molecule has 1 aromatic rings. The van der Waals surface area contributed by atoms with Crippen LogP contribution in [-0.4, -0.2) is 17.8 Å². The number of carbonyl (C=O) groups excluding carboxylic acids is 2. The molecule has 1 N–H and O–H groups in total. The van der Waals surface area contributed by atoms with Crippen molar-refractivity contribution >= 4 is 29.5 Å². The number of benzene rings is 1. The second-order valence-corrected chi connectivity index (χ2v) is 6.46. The lowest BCUT2D eigenvalue weighted by Crippen LogP contribution is -2.27. The molecule has 0 spiro atoms. The van der Waals surface area contributed by atoms with Crippen molar-refractivity contribution in [3.63, 3.8) is 0 Å². The van der Waals surface area contributed by atoms with Crippen molar-refractivity contribution in [3.05, 3.63) is 28.8 Å². The van der Waals surface area contributed by atoms with E-state index in [0.29, 0.717) is 10.7 Å². The number of nitrogens with zero attached hydrogens (tertiary/aromatic N) is 1. The second kappa shape index (κ2) is 5.51. The fourth-order valence-electron chi connectivity index (χ4n) is 1.99. The van der Waals surface area contributed by atoms with E-state index in [4.69, 9.17) is 16.3 Å². The van der Waals surface area contributed by atoms with Gasteiger partial charge in [-0.15, -0.1) is 0 Å². The molecule has 0 atom stereocenters. The first-order chi connectivity index (χ1) is 9.76. The average molecular weight is 309 g/mol. The van der Waals surface area contributed by atoms with Gasteiger partial charge in [-0.1, -0.05) is 17.7 Å². The Morgan fingerprint density at radius 2 is 2.10 bits per heavy atom. The highest BCUT2D eigenvalue weighted by Gasteiger charge is 2.45. The van der Waals surface area contributed by atoms with Gasteiger partial charge in [-0.25, -0.2) is 9.59 Å². The number of halogens is 1. The molecule has 1 amide bonds. The second-order valence-electron chi connectivity index (χ2n) is 6.06. The molecule has 2 rings (SSSR count). The SMILES string of the molecule is CC(C)(C)OC(=O)Nc1ccc(C2(N=C=O)CC2)cc1Cl. The molecular weight excluding hydrogens is 292 g/mol. The highest BCUT2D eigenvalue weighted by Crippen LogP contribution is 2.50. The Morgan fingerprint density at radius 3 is 2.57 bits per heavy atom. The zero-order chi connectivity index (χ0) is 15.7. The van der Waals surface area contributed by atoms with E-state index in [0.717, 1.165) is 18.4 Å². The smallest absolute Gasteiger partial charge is 0.412 e. The Labute approximate surface area is 128 Å². The maximum absolute atomic E-state index is 11.7. The summed E-state index contributed by atoms with van der Waals surface area (Å²) in [4.78, 5) is 26.0. The first-order valence-electron chi connectivity index (χ1n) is 6.65. The summed E-state index contributed by atoms with van der Waals surface area (Å²) in [6.45, 7) is 5.35. The summed E-state index contributed by atoms with van der Waals surface area (Å²) >= 11 is 6.17. The molecule has 0 saturated heterocycles. The van der Waals surface area contributed by atoms with Crippen molar-refractivity contribution in [1.29, 1.82) is 0 Å². The van der Waals surface area contributed by atoms with Crippen LogP contribution in [0.5, 0.6) is 0 Å². The minimum Gasteiger partial charge on any atom is -0.444 e. The molecule has 6 heteroatoms. The molecular formula is C15H17ClN2O3. The third kappa shape index (κ3) is 3.84. The van der Waals surface area contributed by atoms with Gasteiger partial charge in [-0.2, -0.15) is 4.99 Å². The van der Waals surface area contributed by atoms with Gasteiger partial charge < -0.3 is 4.74 Å². The average Bonchev–Trinajstić information content (AvgIpc) is 3.11. The maximum Gasteiger partial charge on any atom is 0.412 e. The summed E-state index contributed by atoms with van der Waals surface area (Å²) in [6, 6.07) is 5.19. The molecule has 0 bridgehead atoms. The minimum absolute atomic E-state index is 0.380. The molecule has 21 heavy (non-hydrogen) atoms. The van der Waals surface area contributed by atoms with Gasteiger partial charge in [0.05, 0.1) is 16.2 Å². The number of anilines is 1. The summed E-state index contributed by atoms with van der Waals surface area (Å²) < 4.78 is 5.17. The topological polar surface area (TPSA) is 67.8 Å². The van der Waals surface area contributed by atoms with Crippen LogP contribution in [0.2, 0.25) is 5.02 Å². The normalized spacial score (nSPS) is 15.8. The van der Waals surface area contributed by atoms with E-state index in [9.17, 15) is 9.59 Å². The lowest BCUT2D eigenvalue weighted by Gasteiger charge is -2.20. The Hall–Kier alpha value is -1.84. The van der Waals surface area contributed by atoms with E-state index in [-0.39, 0.29) is 0 Å². The van der Waals surface area contributed by atoms with Crippen molar-refractivity contribution in [2.24, 2.45) is 4.99 Å². The first-order valence-corrected chi connectivity index (χ1v) is 7.03. The molecule has 1 fully saturated rings. The van der Waals surface area contributed by atoms with E-state index in [1.54, 1.807) is 45.1 Å². The lowest BCUT2D eigenvalue weighted by atomic mass is 10.1. The number of hydrogen-bond donors (Lipinski definition) is 1. The van der Waals surface area contributed by atoms with Crippen LogP contribution < -0.4 is 5.32 Å². The monoisotopic (exact) mass is 308 g/mol. The third-order valence-electron chi connectivity index (χ3n) is 3.13. The van der Waals surface area contributed by atoms with E-state index in [1.165, 1.54) is 0 Å². The maximum atomic E-state index is 11.7. The Bertz CT molecular complexity index is 612. The standard InChI is InChI=1S/C15H17ClN2O3/c1-14(2,3)21-13(20)18-12-5-4-10(8-11(12)16)15(6-7-15)17-9-19/h4-5,8H,6-7H2,1-3H3,(H,18,20). The summed E-state index contributed by atoms with van der Waals surface area (Å²) in [6.07, 6.45) is 2.64. The zero-order valence-electron chi connectivity index (χ0n) is 12.2. The van der Waals surface area contributed by atoms with Crippen LogP contribution in [-0.2, 0) is 15.1 Å². The van der Waals surface area contributed by atoms with Gasteiger partial charge in [0.15, 0.2) is 0 Å². The highest BCUT2D eigenvalue weighted by molar-refractivity contribution is 6.33. The van der Waals surface area contributed by atoms with Gasteiger partial charge in [0.1, 0.15) is 5.60 Å². The number of ether oxygens (including phenoxy) is 1. The third-order valence-corrected chi connectivity index (χ3v) is 3.44. The molecule has 112 valence electrons. The van der Waals surface area contributed by atoms with Crippen LogP contribution in [0.1, 0.15) is 39.2 Å². The number of amides is 1. The van der Waals surface area contributed by atoms with Crippen LogP contribution in [0.4, 0.5) is 10.5 Å². The van der Waals surface area contributed by atoms with Crippen LogP contribution >= 0.6 is 11.6 Å². The summed E-state index contributed by atoms with van der Waals surface area (Å²) in [5.74, 6) is 0. The quantitative estimate of drug-likeness (QED) is 0.677. The molecule has 0 unspecified atom stereocenters. The number of carbonyl (C=O) groups is 1. The van der Waals surface area contributed by atoms with E-state index in [2.05, 4.69) is 10.3 Å². The van der Waals surface area contributed by atoms with Crippen molar-refractivity contribution in [3.8, 4) is 0 Å². The largest absolute Gasteiger partial charge is 0.444 e. The van der Waals surface area contributed by atoms with Gasteiger partial charge in [0.2, 0.25) is 6.08 Å². The Balaban J connectivity index is 2.13. The molecule has 5 nitrogen and oxygen atoms in total. The molecule has 1 aromatic carbocycles. The predicted octanol–water partition coefficient (Wildman–Crippen LogP) is 4.01. The first kappa shape index (κ1) is 15.5. The van der Waals surface area contributed by atoms with E-state index >= 15 is 0 Å². The van der Waals surface area contributed by atoms with Crippen molar-refractivity contribution < 1.29 is 14.3 Å². The van der Waals surface area contributed by atoms with Gasteiger partial charge >= 0.3 is 6.09 Å². The van der Waals surface area contributed by atoms with Gasteiger partial charge in [0, 0.05) is 0 Å². The summed E-state index contributed by atoms with van der Waals surface area (Å²) in [7, 11) is 0. The molecule has 1 saturated carbocycles.